The minimum Gasteiger partial charge on any atom is -0.459 e. The molecular weight excluding hydrogens is 372 g/mol. The molecule has 1 aliphatic rings. The third kappa shape index (κ3) is 3.66. The van der Waals surface area contributed by atoms with Crippen LogP contribution in [0.5, 0.6) is 0 Å². The molecule has 3 aromatic rings. The predicted molar refractivity (Wildman–Crippen MR) is 98.9 cm³/mol. The Morgan fingerprint density at radius 1 is 1.27 bits per heavy atom. The standard InChI is InChI=1S/C18H14N2O4S2/c21-17(9-16-18(22)19-12-4-1-2-5-14(12)26-16)23-10-11-8-13(24-20-11)15-6-3-7-25-15/h1-8,16H,9-10H2,(H,19,22)/t16-/m1/s1. The number of amides is 1. The summed E-state index contributed by atoms with van der Waals surface area (Å²) in [6.07, 6.45) is 0.000464. The number of hydrogen-bond acceptors (Lipinski definition) is 7. The van der Waals surface area contributed by atoms with Crippen molar-refractivity contribution in [2.24, 2.45) is 0 Å². The maximum atomic E-state index is 12.1. The molecule has 0 saturated heterocycles. The fourth-order valence-corrected chi connectivity index (χ4v) is 4.27. The number of fused-ring (bicyclic) bond motifs is 1. The average molecular weight is 386 g/mol. The molecule has 1 amide bonds. The van der Waals surface area contributed by atoms with Crippen molar-refractivity contribution < 1.29 is 18.8 Å². The van der Waals surface area contributed by atoms with Crippen molar-refractivity contribution in [1.29, 1.82) is 0 Å². The molecule has 1 N–H and O–H groups in total. The van der Waals surface area contributed by atoms with Gasteiger partial charge in [-0.2, -0.15) is 0 Å². The molecule has 0 spiro atoms. The first kappa shape index (κ1) is 16.9. The molecule has 0 fully saturated rings. The van der Waals surface area contributed by atoms with Crippen molar-refractivity contribution in [2.75, 3.05) is 5.32 Å². The smallest absolute Gasteiger partial charge is 0.307 e. The van der Waals surface area contributed by atoms with Gasteiger partial charge in [0.25, 0.3) is 0 Å². The quantitative estimate of drug-likeness (QED) is 0.669. The van der Waals surface area contributed by atoms with Gasteiger partial charge in [-0.25, -0.2) is 0 Å². The van der Waals surface area contributed by atoms with Gasteiger partial charge in [-0.15, -0.1) is 23.1 Å². The van der Waals surface area contributed by atoms with Gasteiger partial charge in [-0.05, 0) is 23.6 Å². The van der Waals surface area contributed by atoms with Crippen LogP contribution >= 0.6 is 23.1 Å². The fraction of sp³-hybridized carbons (Fsp3) is 0.167. The van der Waals surface area contributed by atoms with Crippen molar-refractivity contribution >= 4 is 40.7 Å². The van der Waals surface area contributed by atoms with Crippen molar-refractivity contribution in [1.82, 2.24) is 5.16 Å². The summed E-state index contributed by atoms with van der Waals surface area (Å²) in [5.74, 6) is 0.00893. The molecule has 4 rings (SSSR count). The van der Waals surface area contributed by atoms with Crippen molar-refractivity contribution in [3.63, 3.8) is 0 Å². The van der Waals surface area contributed by atoms with Crippen LogP contribution < -0.4 is 5.32 Å². The molecule has 1 atom stereocenters. The van der Waals surface area contributed by atoms with Gasteiger partial charge in [0.2, 0.25) is 5.91 Å². The Labute approximate surface area is 157 Å². The van der Waals surface area contributed by atoms with Crippen LogP contribution in [0.1, 0.15) is 12.1 Å². The number of benzene rings is 1. The number of para-hydroxylation sites is 1. The van der Waals surface area contributed by atoms with Crippen molar-refractivity contribution in [3.8, 4) is 10.6 Å². The lowest BCUT2D eigenvalue weighted by molar-refractivity contribution is -0.145. The average Bonchev–Trinajstić information content (AvgIpc) is 3.32. The van der Waals surface area contributed by atoms with Gasteiger partial charge in [0.15, 0.2) is 5.76 Å². The highest BCUT2D eigenvalue weighted by Gasteiger charge is 2.29. The first-order chi connectivity index (χ1) is 12.7. The number of rotatable bonds is 5. The zero-order valence-corrected chi connectivity index (χ0v) is 15.1. The summed E-state index contributed by atoms with van der Waals surface area (Å²) < 4.78 is 10.5. The number of esters is 1. The Morgan fingerprint density at radius 2 is 2.15 bits per heavy atom. The second-order valence-corrected chi connectivity index (χ2v) is 7.81. The van der Waals surface area contributed by atoms with E-state index in [1.54, 1.807) is 17.4 Å². The fourth-order valence-electron chi connectivity index (χ4n) is 2.51. The Hall–Kier alpha value is -2.58. The summed E-state index contributed by atoms with van der Waals surface area (Å²) in [5.41, 5.74) is 1.31. The van der Waals surface area contributed by atoms with E-state index in [-0.39, 0.29) is 18.9 Å². The highest BCUT2D eigenvalue weighted by atomic mass is 32.2. The van der Waals surface area contributed by atoms with E-state index in [0.29, 0.717) is 11.5 Å². The second-order valence-electron chi connectivity index (χ2n) is 5.62. The van der Waals surface area contributed by atoms with Gasteiger partial charge >= 0.3 is 5.97 Å². The molecule has 3 heterocycles. The molecule has 0 radical (unpaired) electrons. The molecule has 0 aliphatic carbocycles. The van der Waals surface area contributed by atoms with Crippen LogP contribution in [0.15, 0.2) is 57.3 Å². The molecule has 132 valence electrons. The largest absolute Gasteiger partial charge is 0.459 e. The maximum absolute atomic E-state index is 12.1. The normalized spacial score (nSPS) is 16.0. The zero-order chi connectivity index (χ0) is 17.9. The van der Waals surface area contributed by atoms with E-state index in [0.717, 1.165) is 15.5 Å². The van der Waals surface area contributed by atoms with Crippen LogP contribution in [0.25, 0.3) is 10.6 Å². The molecular formula is C18H14N2O4S2. The van der Waals surface area contributed by atoms with E-state index < -0.39 is 11.2 Å². The summed E-state index contributed by atoms with van der Waals surface area (Å²) in [5, 5.41) is 8.16. The minimum atomic E-state index is -0.503. The third-order valence-electron chi connectivity index (χ3n) is 3.76. The lowest BCUT2D eigenvalue weighted by atomic mass is 10.2. The number of nitrogens with one attached hydrogen (secondary N) is 1. The van der Waals surface area contributed by atoms with Crippen LogP contribution in [0.4, 0.5) is 5.69 Å². The first-order valence-electron chi connectivity index (χ1n) is 7.91. The van der Waals surface area contributed by atoms with Gasteiger partial charge in [-0.1, -0.05) is 23.4 Å². The molecule has 1 aromatic carbocycles. The van der Waals surface area contributed by atoms with Crippen LogP contribution in [0.3, 0.4) is 0 Å². The maximum Gasteiger partial charge on any atom is 0.307 e. The van der Waals surface area contributed by atoms with Crippen molar-refractivity contribution in [2.45, 2.75) is 23.2 Å². The molecule has 1 aliphatic heterocycles. The highest BCUT2D eigenvalue weighted by Crippen LogP contribution is 2.36. The SMILES string of the molecule is O=C(C[C@H]1Sc2ccccc2NC1=O)OCc1cc(-c2cccs2)on1. The second kappa shape index (κ2) is 7.35. The van der Waals surface area contributed by atoms with E-state index in [4.69, 9.17) is 9.26 Å². The van der Waals surface area contributed by atoms with Crippen LogP contribution in [-0.4, -0.2) is 22.3 Å². The van der Waals surface area contributed by atoms with Gasteiger partial charge in [-0.3, -0.25) is 9.59 Å². The Bertz CT molecular complexity index is 936. The number of anilines is 1. The van der Waals surface area contributed by atoms with E-state index in [1.807, 2.05) is 41.8 Å². The summed E-state index contributed by atoms with van der Waals surface area (Å²) in [6.45, 7) is 0.0172. The molecule has 8 heteroatoms. The number of ether oxygens (including phenoxy) is 1. The topological polar surface area (TPSA) is 81.4 Å². The highest BCUT2D eigenvalue weighted by molar-refractivity contribution is 8.01. The lowest BCUT2D eigenvalue weighted by Crippen LogP contribution is -2.31. The predicted octanol–water partition coefficient (Wildman–Crippen LogP) is 3.95. The number of hydrogen-bond donors (Lipinski definition) is 1. The Balaban J connectivity index is 1.33. The minimum absolute atomic E-state index is 0.000464. The van der Waals surface area contributed by atoms with Gasteiger partial charge in [0, 0.05) is 11.0 Å². The zero-order valence-electron chi connectivity index (χ0n) is 13.5. The number of nitrogens with zero attached hydrogens (tertiary/aromatic N) is 1. The molecule has 26 heavy (non-hydrogen) atoms. The van der Waals surface area contributed by atoms with E-state index in [9.17, 15) is 9.59 Å². The number of carbonyl (C=O) groups is 2. The van der Waals surface area contributed by atoms with Crippen LogP contribution in [0, 0.1) is 0 Å². The van der Waals surface area contributed by atoms with E-state index in [2.05, 4.69) is 10.5 Å². The monoisotopic (exact) mass is 386 g/mol. The number of thiophene rings is 1. The van der Waals surface area contributed by atoms with Gasteiger partial charge in [0.1, 0.15) is 12.3 Å². The van der Waals surface area contributed by atoms with Crippen LogP contribution in [0.2, 0.25) is 0 Å². The van der Waals surface area contributed by atoms with E-state index in [1.165, 1.54) is 11.8 Å². The third-order valence-corrected chi connectivity index (χ3v) is 5.92. The molecule has 2 aromatic heterocycles. The van der Waals surface area contributed by atoms with Crippen LogP contribution in [-0.2, 0) is 20.9 Å². The summed E-state index contributed by atoms with van der Waals surface area (Å²) in [4.78, 5) is 26.1. The molecule has 6 nitrogen and oxygen atoms in total. The number of carbonyl (C=O) groups excluding carboxylic acids is 2. The molecule has 0 unspecified atom stereocenters. The molecule has 0 bridgehead atoms. The van der Waals surface area contributed by atoms with Gasteiger partial charge < -0.3 is 14.6 Å². The summed E-state index contributed by atoms with van der Waals surface area (Å²) in [7, 11) is 0. The molecule has 0 saturated carbocycles. The van der Waals surface area contributed by atoms with Crippen molar-refractivity contribution in [3.05, 3.63) is 53.5 Å². The lowest BCUT2D eigenvalue weighted by Gasteiger charge is -2.23. The van der Waals surface area contributed by atoms with E-state index >= 15 is 0 Å². The number of thioether (sulfide) groups is 1. The Kier molecular flexibility index (Phi) is 4.77. The number of aromatic nitrogens is 1. The first-order valence-corrected chi connectivity index (χ1v) is 9.66. The summed E-state index contributed by atoms with van der Waals surface area (Å²) >= 11 is 2.91. The van der Waals surface area contributed by atoms with Gasteiger partial charge in [0.05, 0.1) is 22.2 Å². The Morgan fingerprint density at radius 3 is 3.00 bits per heavy atom. The summed E-state index contributed by atoms with van der Waals surface area (Å²) in [6, 6.07) is 13.1.